The highest BCUT2D eigenvalue weighted by atomic mass is 79.9. The quantitative estimate of drug-likeness (QED) is 0.514. The average Bonchev–Trinajstić information content (AvgIpc) is 3.12. The third kappa shape index (κ3) is 6.54. The molecule has 150 valence electrons. The maximum absolute atomic E-state index is 12.0. The molecular formula is C18H20BrN3O5S. The number of thiophene rings is 1. The predicted octanol–water partition coefficient (Wildman–Crippen LogP) is 2.25. The molecule has 3 N–H and O–H groups in total. The molecule has 0 saturated carbocycles. The van der Waals surface area contributed by atoms with E-state index in [-0.39, 0.29) is 12.5 Å². The van der Waals surface area contributed by atoms with Crippen molar-refractivity contribution in [2.75, 3.05) is 13.2 Å². The fourth-order valence-electron chi connectivity index (χ4n) is 2.03. The van der Waals surface area contributed by atoms with Gasteiger partial charge in [0.2, 0.25) is 0 Å². The molecule has 0 spiro atoms. The van der Waals surface area contributed by atoms with Crippen LogP contribution in [0.5, 0.6) is 11.5 Å². The summed E-state index contributed by atoms with van der Waals surface area (Å²) in [5, 5.41) is 2.55. The van der Waals surface area contributed by atoms with E-state index in [1.54, 1.807) is 36.4 Å². The zero-order chi connectivity index (χ0) is 20.5. The number of benzene rings is 1. The van der Waals surface area contributed by atoms with Gasteiger partial charge in [0, 0.05) is 0 Å². The van der Waals surface area contributed by atoms with Crippen molar-refractivity contribution in [1.82, 2.24) is 16.2 Å². The number of carbonyl (C=O) groups is 3. The van der Waals surface area contributed by atoms with Crippen molar-refractivity contribution in [2.24, 2.45) is 0 Å². The van der Waals surface area contributed by atoms with Crippen LogP contribution in [0, 0.1) is 0 Å². The summed E-state index contributed by atoms with van der Waals surface area (Å²) in [5.74, 6) is -0.542. The molecule has 0 bridgehead atoms. The van der Waals surface area contributed by atoms with Crippen LogP contribution in [-0.4, -0.2) is 37.0 Å². The third-order valence-corrected chi connectivity index (χ3v) is 4.99. The molecular weight excluding hydrogens is 450 g/mol. The normalized spacial score (nSPS) is 11.2. The van der Waals surface area contributed by atoms with E-state index in [1.165, 1.54) is 18.3 Å². The van der Waals surface area contributed by atoms with Gasteiger partial charge in [0.1, 0.15) is 6.04 Å². The molecule has 1 aromatic carbocycles. The molecule has 0 saturated heterocycles. The van der Waals surface area contributed by atoms with E-state index >= 15 is 0 Å². The minimum absolute atomic E-state index is 0.311. The lowest BCUT2D eigenvalue weighted by Gasteiger charge is -2.15. The van der Waals surface area contributed by atoms with Crippen molar-refractivity contribution in [3.63, 3.8) is 0 Å². The summed E-state index contributed by atoms with van der Waals surface area (Å²) in [4.78, 5) is 36.4. The summed E-state index contributed by atoms with van der Waals surface area (Å²) in [6.07, 6.45) is 0. The number of amides is 3. The highest BCUT2D eigenvalue weighted by Crippen LogP contribution is 2.26. The second-order valence-electron chi connectivity index (χ2n) is 5.50. The molecule has 3 amide bonds. The lowest BCUT2D eigenvalue weighted by molar-refractivity contribution is -0.130. The summed E-state index contributed by atoms with van der Waals surface area (Å²) in [5.41, 5.74) is 4.49. The monoisotopic (exact) mass is 469 g/mol. The minimum atomic E-state index is -0.840. The Bertz CT molecular complexity index is 842. The Kier molecular flexibility index (Phi) is 8.27. The Morgan fingerprint density at radius 1 is 1.07 bits per heavy atom. The van der Waals surface area contributed by atoms with Crippen LogP contribution in [0.2, 0.25) is 0 Å². The number of nitrogens with one attached hydrogen (secondary N) is 3. The molecule has 2 aromatic rings. The summed E-state index contributed by atoms with van der Waals surface area (Å²) in [6, 6.07) is 9.51. The van der Waals surface area contributed by atoms with E-state index < -0.39 is 17.9 Å². The first kappa shape index (κ1) is 21.7. The Morgan fingerprint density at radius 2 is 1.75 bits per heavy atom. The number of hydrogen-bond donors (Lipinski definition) is 3. The molecule has 10 heteroatoms. The number of para-hydroxylation sites is 2. The highest BCUT2D eigenvalue weighted by molar-refractivity contribution is 9.11. The van der Waals surface area contributed by atoms with Crippen molar-refractivity contribution in [2.45, 2.75) is 19.9 Å². The van der Waals surface area contributed by atoms with Crippen molar-refractivity contribution in [1.29, 1.82) is 0 Å². The van der Waals surface area contributed by atoms with Gasteiger partial charge in [0.25, 0.3) is 17.7 Å². The zero-order valence-corrected chi connectivity index (χ0v) is 17.7. The van der Waals surface area contributed by atoms with Crippen LogP contribution in [-0.2, 0) is 9.59 Å². The van der Waals surface area contributed by atoms with Crippen LogP contribution in [0.25, 0.3) is 0 Å². The molecule has 1 unspecified atom stereocenters. The Balaban J connectivity index is 1.75. The van der Waals surface area contributed by atoms with Gasteiger partial charge in [0.15, 0.2) is 18.1 Å². The van der Waals surface area contributed by atoms with E-state index in [4.69, 9.17) is 9.47 Å². The number of hydrogen-bond acceptors (Lipinski definition) is 6. The lowest BCUT2D eigenvalue weighted by atomic mass is 10.3. The van der Waals surface area contributed by atoms with Gasteiger partial charge < -0.3 is 14.8 Å². The first-order chi connectivity index (χ1) is 13.4. The van der Waals surface area contributed by atoms with Gasteiger partial charge in [-0.25, -0.2) is 0 Å². The van der Waals surface area contributed by atoms with E-state index in [1.807, 2.05) is 6.92 Å². The van der Waals surface area contributed by atoms with Gasteiger partial charge >= 0.3 is 0 Å². The molecule has 0 aliphatic carbocycles. The zero-order valence-electron chi connectivity index (χ0n) is 15.3. The van der Waals surface area contributed by atoms with Crippen LogP contribution in [0.1, 0.15) is 23.5 Å². The molecule has 1 aromatic heterocycles. The van der Waals surface area contributed by atoms with Crippen LogP contribution >= 0.6 is 27.3 Å². The van der Waals surface area contributed by atoms with E-state index in [2.05, 4.69) is 32.1 Å². The van der Waals surface area contributed by atoms with E-state index in [0.29, 0.717) is 23.0 Å². The van der Waals surface area contributed by atoms with Crippen LogP contribution < -0.4 is 25.6 Å². The summed E-state index contributed by atoms with van der Waals surface area (Å²) >= 11 is 4.53. The van der Waals surface area contributed by atoms with Crippen LogP contribution in [0.3, 0.4) is 0 Å². The smallest absolute Gasteiger partial charge is 0.276 e. The number of hydrazine groups is 1. The number of rotatable bonds is 8. The van der Waals surface area contributed by atoms with Gasteiger partial charge in [-0.15, -0.1) is 11.3 Å². The van der Waals surface area contributed by atoms with Gasteiger partial charge in [0.05, 0.1) is 15.3 Å². The highest BCUT2D eigenvalue weighted by Gasteiger charge is 2.18. The van der Waals surface area contributed by atoms with Crippen molar-refractivity contribution in [3.8, 4) is 11.5 Å². The molecule has 8 nitrogen and oxygen atoms in total. The molecule has 28 heavy (non-hydrogen) atoms. The van der Waals surface area contributed by atoms with Crippen molar-refractivity contribution >= 4 is 45.0 Å². The third-order valence-electron chi connectivity index (χ3n) is 3.37. The second kappa shape index (κ2) is 10.7. The van der Waals surface area contributed by atoms with Crippen LogP contribution in [0.15, 0.2) is 40.2 Å². The summed E-state index contributed by atoms with van der Waals surface area (Å²) in [6.45, 7) is 3.51. The molecule has 1 heterocycles. The minimum Gasteiger partial charge on any atom is -0.490 e. The van der Waals surface area contributed by atoms with Crippen molar-refractivity contribution < 1.29 is 23.9 Å². The van der Waals surface area contributed by atoms with Gasteiger partial charge in [-0.2, -0.15) is 0 Å². The molecule has 0 aliphatic heterocycles. The fourth-order valence-corrected chi connectivity index (χ4v) is 3.32. The molecule has 2 rings (SSSR count). The summed E-state index contributed by atoms with van der Waals surface area (Å²) < 4.78 is 11.6. The topological polar surface area (TPSA) is 106 Å². The first-order valence-electron chi connectivity index (χ1n) is 8.40. The molecule has 0 fully saturated rings. The van der Waals surface area contributed by atoms with E-state index in [0.717, 1.165) is 3.79 Å². The molecule has 0 aliphatic rings. The Morgan fingerprint density at radius 3 is 2.36 bits per heavy atom. The van der Waals surface area contributed by atoms with Crippen LogP contribution in [0.4, 0.5) is 0 Å². The molecule has 0 radical (unpaired) electrons. The van der Waals surface area contributed by atoms with Gasteiger partial charge in [-0.1, -0.05) is 12.1 Å². The SMILES string of the molecule is CCOc1ccccc1OCC(=O)NNC(=O)C(C)NC(=O)c1ccc(Br)s1. The van der Waals surface area contributed by atoms with E-state index in [9.17, 15) is 14.4 Å². The maximum Gasteiger partial charge on any atom is 0.276 e. The van der Waals surface area contributed by atoms with Crippen molar-refractivity contribution in [3.05, 3.63) is 45.1 Å². The number of ether oxygens (including phenoxy) is 2. The fraction of sp³-hybridized carbons (Fsp3) is 0.278. The van der Waals surface area contributed by atoms with Gasteiger partial charge in [-0.05, 0) is 54.0 Å². The Labute approximate surface area is 174 Å². The predicted molar refractivity (Wildman–Crippen MR) is 108 cm³/mol. The largest absolute Gasteiger partial charge is 0.490 e. The second-order valence-corrected chi connectivity index (χ2v) is 7.97. The average molecular weight is 470 g/mol. The molecule has 1 atom stereocenters. The number of carbonyl (C=O) groups excluding carboxylic acids is 3. The maximum atomic E-state index is 12.0. The number of halogens is 1. The first-order valence-corrected chi connectivity index (χ1v) is 10.0. The Hall–Kier alpha value is -2.59. The summed E-state index contributed by atoms with van der Waals surface area (Å²) in [7, 11) is 0. The lowest BCUT2D eigenvalue weighted by Crippen LogP contribution is -2.51. The van der Waals surface area contributed by atoms with Gasteiger partial charge in [-0.3, -0.25) is 25.2 Å². The standard InChI is InChI=1S/C18H20BrN3O5S/c1-3-26-12-6-4-5-7-13(12)27-10-16(23)21-22-17(24)11(2)20-18(25)14-8-9-15(19)28-14/h4-9,11H,3,10H2,1-2H3,(H,20,25)(H,21,23)(H,22,24).